The van der Waals surface area contributed by atoms with Crippen LogP contribution in [0, 0.1) is 11.7 Å². The van der Waals surface area contributed by atoms with E-state index in [2.05, 4.69) is 20.4 Å². The summed E-state index contributed by atoms with van der Waals surface area (Å²) in [6, 6.07) is 17.5. The fourth-order valence-electron chi connectivity index (χ4n) is 3.71. The summed E-state index contributed by atoms with van der Waals surface area (Å²) < 4.78 is 18.8. The SMILES string of the molecule is CCOc1ccc(NC(=O)C2CCN(c3ccc(-c4cccc(F)c4)nn3)CC2)cc1. The number of nitrogens with zero attached hydrogens (tertiary/aromatic N) is 3. The van der Waals surface area contributed by atoms with Crippen molar-refractivity contribution in [3.63, 3.8) is 0 Å². The van der Waals surface area contributed by atoms with Gasteiger partial charge in [-0.2, -0.15) is 0 Å². The molecule has 1 fully saturated rings. The zero-order valence-electron chi connectivity index (χ0n) is 17.4. The van der Waals surface area contributed by atoms with Crippen molar-refractivity contribution in [1.29, 1.82) is 0 Å². The molecule has 160 valence electrons. The lowest BCUT2D eigenvalue weighted by molar-refractivity contribution is -0.120. The van der Waals surface area contributed by atoms with Crippen molar-refractivity contribution < 1.29 is 13.9 Å². The molecule has 0 unspecified atom stereocenters. The van der Waals surface area contributed by atoms with Gasteiger partial charge in [0.2, 0.25) is 5.91 Å². The largest absolute Gasteiger partial charge is 0.494 e. The Morgan fingerprint density at radius 1 is 1.10 bits per heavy atom. The van der Waals surface area contributed by atoms with Crippen molar-refractivity contribution in [3.05, 3.63) is 66.5 Å². The number of ether oxygens (including phenoxy) is 1. The fourth-order valence-corrected chi connectivity index (χ4v) is 3.71. The first-order valence-corrected chi connectivity index (χ1v) is 10.5. The minimum atomic E-state index is -0.297. The molecule has 1 amide bonds. The lowest BCUT2D eigenvalue weighted by atomic mass is 9.95. The summed E-state index contributed by atoms with van der Waals surface area (Å²) >= 11 is 0. The third kappa shape index (κ3) is 5.17. The van der Waals surface area contributed by atoms with Gasteiger partial charge in [-0.3, -0.25) is 4.79 Å². The molecule has 4 rings (SSSR count). The molecular formula is C24H25FN4O2. The second-order valence-electron chi connectivity index (χ2n) is 7.50. The van der Waals surface area contributed by atoms with E-state index in [4.69, 9.17) is 4.74 Å². The molecule has 0 spiro atoms. The standard InChI is InChI=1S/C24H25FN4O2/c1-2-31-21-8-6-20(7-9-21)26-24(30)17-12-14-29(15-13-17)23-11-10-22(27-28-23)18-4-3-5-19(25)16-18/h3-11,16-17H,2,12-15H2,1H3,(H,26,30). The van der Waals surface area contributed by atoms with E-state index in [1.807, 2.05) is 43.3 Å². The zero-order chi connectivity index (χ0) is 21.6. The number of carbonyl (C=O) groups is 1. The number of aromatic nitrogens is 2. The van der Waals surface area contributed by atoms with Crippen LogP contribution in [0.4, 0.5) is 15.9 Å². The molecule has 0 aliphatic carbocycles. The Labute approximate surface area is 181 Å². The quantitative estimate of drug-likeness (QED) is 0.634. The van der Waals surface area contributed by atoms with E-state index in [1.54, 1.807) is 12.1 Å². The van der Waals surface area contributed by atoms with Crippen molar-refractivity contribution in [2.24, 2.45) is 5.92 Å². The Kier molecular flexibility index (Phi) is 6.40. The lowest BCUT2D eigenvalue weighted by Gasteiger charge is -2.31. The highest BCUT2D eigenvalue weighted by molar-refractivity contribution is 5.92. The number of piperidine rings is 1. The molecule has 0 bridgehead atoms. The monoisotopic (exact) mass is 420 g/mol. The van der Waals surface area contributed by atoms with E-state index in [0.717, 1.165) is 43.2 Å². The number of hydrogen-bond donors (Lipinski definition) is 1. The summed E-state index contributed by atoms with van der Waals surface area (Å²) in [5, 5.41) is 11.6. The summed E-state index contributed by atoms with van der Waals surface area (Å²) in [6.45, 7) is 4.01. The molecule has 31 heavy (non-hydrogen) atoms. The molecule has 1 aliphatic heterocycles. The molecule has 0 saturated carbocycles. The molecular weight excluding hydrogens is 395 g/mol. The van der Waals surface area contributed by atoms with Crippen LogP contribution in [-0.4, -0.2) is 35.8 Å². The predicted octanol–water partition coefficient (Wildman–Crippen LogP) is 4.54. The first-order chi connectivity index (χ1) is 15.1. The molecule has 6 nitrogen and oxygen atoms in total. The maximum absolute atomic E-state index is 13.4. The van der Waals surface area contributed by atoms with Gasteiger partial charge in [0.05, 0.1) is 12.3 Å². The van der Waals surface area contributed by atoms with Crippen LogP contribution in [0.15, 0.2) is 60.7 Å². The lowest BCUT2D eigenvalue weighted by Crippen LogP contribution is -2.38. The summed E-state index contributed by atoms with van der Waals surface area (Å²) in [5.41, 5.74) is 2.10. The molecule has 0 atom stereocenters. The molecule has 3 aromatic rings. The predicted molar refractivity (Wildman–Crippen MR) is 119 cm³/mol. The minimum Gasteiger partial charge on any atom is -0.494 e. The van der Waals surface area contributed by atoms with Crippen LogP contribution >= 0.6 is 0 Å². The highest BCUT2D eigenvalue weighted by Crippen LogP contribution is 2.25. The molecule has 2 heterocycles. The van der Waals surface area contributed by atoms with Gasteiger partial charge in [-0.25, -0.2) is 4.39 Å². The van der Waals surface area contributed by atoms with E-state index >= 15 is 0 Å². The van der Waals surface area contributed by atoms with Gasteiger partial charge in [0.15, 0.2) is 5.82 Å². The van der Waals surface area contributed by atoms with Crippen LogP contribution in [0.1, 0.15) is 19.8 Å². The average Bonchev–Trinajstić information content (AvgIpc) is 2.81. The number of benzene rings is 2. The number of nitrogens with one attached hydrogen (secondary N) is 1. The van der Waals surface area contributed by atoms with Crippen LogP contribution < -0.4 is 15.0 Å². The van der Waals surface area contributed by atoms with E-state index < -0.39 is 0 Å². The van der Waals surface area contributed by atoms with Gasteiger partial charge in [0.1, 0.15) is 11.6 Å². The third-order valence-corrected chi connectivity index (χ3v) is 5.39. The smallest absolute Gasteiger partial charge is 0.227 e. The summed E-state index contributed by atoms with van der Waals surface area (Å²) in [7, 11) is 0. The molecule has 7 heteroatoms. The topological polar surface area (TPSA) is 67.3 Å². The number of carbonyl (C=O) groups excluding carboxylic acids is 1. The van der Waals surface area contributed by atoms with Gasteiger partial charge in [-0.1, -0.05) is 12.1 Å². The van der Waals surface area contributed by atoms with Crippen molar-refractivity contribution >= 4 is 17.4 Å². The normalized spacial score (nSPS) is 14.3. The minimum absolute atomic E-state index is 0.0383. The molecule has 1 saturated heterocycles. The van der Waals surface area contributed by atoms with Gasteiger partial charge >= 0.3 is 0 Å². The van der Waals surface area contributed by atoms with Crippen LogP contribution in [-0.2, 0) is 4.79 Å². The average molecular weight is 420 g/mol. The first-order valence-electron chi connectivity index (χ1n) is 10.5. The van der Waals surface area contributed by atoms with Crippen molar-refractivity contribution in [2.45, 2.75) is 19.8 Å². The Hall–Kier alpha value is -3.48. The zero-order valence-corrected chi connectivity index (χ0v) is 17.4. The first kappa shape index (κ1) is 20.8. The number of hydrogen-bond acceptors (Lipinski definition) is 5. The van der Waals surface area contributed by atoms with Gasteiger partial charge in [0, 0.05) is 30.3 Å². The maximum Gasteiger partial charge on any atom is 0.227 e. The van der Waals surface area contributed by atoms with Gasteiger partial charge in [-0.05, 0) is 68.3 Å². The number of anilines is 2. The Bertz CT molecular complexity index is 1020. The summed E-state index contributed by atoms with van der Waals surface area (Å²) in [4.78, 5) is 14.8. The second kappa shape index (κ2) is 9.55. The highest BCUT2D eigenvalue weighted by atomic mass is 19.1. The molecule has 1 N–H and O–H groups in total. The number of amides is 1. The number of rotatable bonds is 6. The van der Waals surface area contributed by atoms with E-state index in [0.29, 0.717) is 17.9 Å². The maximum atomic E-state index is 13.4. The van der Waals surface area contributed by atoms with Crippen molar-refractivity contribution in [2.75, 3.05) is 29.9 Å². The molecule has 1 aromatic heterocycles. The third-order valence-electron chi connectivity index (χ3n) is 5.39. The van der Waals surface area contributed by atoms with Crippen molar-refractivity contribution in [3.8, 4) is 17.0 Å². The van der Waals surface area contributed by atoms with Crippen LogP contribution in [0.2, 0.25) is 0 Å². The molecule has 0 radical (unpaired) electrons. The Morgan fingerprint density at radius 2 is 1.87 bits per heavy atom. The van der Waals surface area contributed by atoms with Crippen LogP contribution in [0.3, 0.4) is 0 Å². The van der Waals surface area contributed by atoms with Gasteiger partial charge in [-0.15, -0.1) is 10.2 Å². The van der Waals surface area contributed by atoms with E-state index in [1.165, 1.54) is 12.1 Å². The van der Waals surface area contributed by atoms with Crippen LogP contribution in [0.5, 0.6) is 5.75 Å². The fraction of sp³-hybridized carbons (Fsp3) is 0.292. The summed E-state index contributed by atoms with van der Waals surface area (Å²) in [5.74, 6) is 1.26. The second-order valence-corrected chi connectivity index (χ2v) is 7.50. The van der Waals surface area contributed by atoms with Gasteiger partial charge < -0.3 is 15.0 Å². The molecule has 2 aromatic carbocycles. The van der Waals surface area contributed by atoms with Crippen molar-refractivity contribution in [1.82, 2.24) is 10.2 Å². The number of halogens is 1. The van der Waals surface area contributed by atoms with E-state index in [-0.39, 0.29) is 17.6 Å². The summed E-state index contributed by atoms with van der Waals surface area (Å²) in [6.07, 6.45) is 1.49. The Morgan fingerprint density at radius 3 is 2.52 bits per heavy atom. The van der Waals surface area contributed by atoms with E-state index in [9.17, 15) is 9.18 Å². The van der Waals surface area contributed by atoms with Gasteiger partial charge in [0.25, 0.3) is 0 Å². The molecule has 1 aliphatic rings. The Balaban J connectivity index is 1.31. The highest BCUT2D eigenvalue weighted by Gasteiger charge is 2.26. The van der Waals surface area contributed by atoms with Crippen LogP contribution in [0.25, 0.3) is 11.3 Å².